The summed E-state index contributed by atoms with van der Waals surface area (Å²) in [4.78, 5) is 0. The number of hydrogen-bond acceptors (Lipinski definition) is 12. The third-order valence-electron chi connectivity index (χ3n) is 0.900. The fourth-order valence-corrected chi connectivity index (χ4v) is 0. The van der Waals surface area contributed by atoms with Gasteiger partial charge in [-0.3, -0.25) is 0 Å². The van der Waals surface area contributed by atoms with Gasteiger partial charge in [-0.2, -0.15) is 0 Å². The molecular formula is C4H12O12Pb. The van der Waals surface area contributed by atoms with Crippen molar-refractivity contribution in [3.05, 3.63) is 0 Å². The van der Waals surface area contributed by atoms with E-state index in [1.165, 1.54) is 0 Å². The summed E-state index contributed by atoms with van der Waals surface area (Å²) in [6, 6.07) is 0. The van der Waals surface area contributed by atoms with Gasteiger partial charge in [-0.25, -0.2) is 0 Å². The quantitative estimate of drug-likeness (QED) is 0.136. The van der Waals surface area contributed by atoms with Crippen molar-refractivity contribution >= 4 is 27.3 Å². The van der Waals surface area contributed by atoms with Gasteiger partial charge >= 0.3 is 23.9 Å². The Kier molecular flexibility index (Phi) is 8.73. The number of hydrogen-bond donors (Lipinski definition) is 12. The molecule has 104 valence electrons. The normalized spacial score (nSPS) is 13.4. The molecule has 12 nitrogen and oxygen atoms in total. The zero-order chi connectivity index (χ0) is 14.0. The van der Waals surface area contributed by atoms with Gasteiger partial charge in [-0.1, -0.05) is 0 Å². The molecule has 4 radical (unpaired) electrons. The van der Waals surface area contributed by atoms with Crippen LogP contribution in [0.4, 0.5) is 0 Å². The Bertz CT molecular complexity index is 153. The maximum Gasteiger partial charge on any atom is 0.362 e. The van der Waals surface area contributed by atoms with Crippen LogP contribution in [0.2, 0.25) is 0 Å². The van der Waals surface area contributed by atoms with Crippen LogP contribution < -0.4 is 0 Å². The fraction of sp³-hybridized carbons (Fsp3) is 1.00. The van der Waals surface area contributed by atoms with E-state index in [1.807, 2.05) is 0 Å². The molecule has 13 heteroatoms. The zero-order valence-corrected chi connectivity index (χ0v) is 11.8. The van der Waals surface area contributed by atoms with Gasteiger partial charge in [-0.05, 0) is 0 Å². The van der Waals surface area contributed by atoms with Gasteiger partial charge in [0.25, 0.3) is 0 Å². The molecule has 0 unspecified atom stereocenters. The second-order valence-electron chi connectivity index (χ2n) is 2.54. The van der Waals surface area contributed by atoms with Crippen LogP contribution in [0.3, 0.4) is 0 Å². The molecule has 0 aliphatic rings. The predicted octanol–water partition coefficient (Wildman–Crippen LogP) is -7.89. The topological polar surface area (TPSA) is 243 Å². The molecule has 0 aliphatic heterocycles. The van der Waals surface area contributed by atoms with Crippen molar-refractivity contribution in [2.24, 2.45) is 0 Å². The van der Waals surface area contributed by atoms with Crippen LogP contribution in [0.25, 0.3) is 0 Å². The minimum absolute atomic E-state index is 0. The molecule has 0 fully saturated rings. The van der Waals surface area contributed by atoms with Crippen LogP contribution >= 0.6 is 0 Å². The zero-order valence-electron chi connectivity index (χ0n) is 7.87. The van der Waals surface area contributed by atoms with Gasteiger partial charge in [0, 0.05) is 27.3 Å². The minimum Gasteiger partial charge on any atom is -0.337 e. The Morgan fingerprint density at radius 1 is 0.294 bits per heavy atom. The molecule has 0 saturated heterocycles. The molecule has 0 spiro atoms. The smallest absolute Gasteiger partial charge is 0.337 e. The fourth-order valence-electron chi connectivity index (χ4n) is 0. The van der Waals surface area contributed by atoms with E-state index in [-0.39, 0.29) is 27.3 Å². The van der Waals surface area contributed by atoms with Gasteiger partial charge in [-0.15, -0.1) is 0 Å². The first-order chi connectivity index (χ1) is 6.50. The third-order valence-corrected chi connectivity index (χ3v) is 0.900. The van der Waals surface area contributed by atoms with E-state index in [2.05, 4.69) is 0 Å². The summed E-state index contributed by atoms with van der Waals surface area (Å²) >= 11 is 0. The average Bonchev–Trinajstić information content (AvgIpc) is 1.77. The molecule has 17 heavy (non-hydrogen) atoms. The summed E-state index contributed by atoms with van der Waals surface area (Å²) in [6.07, 6.45) is 0. The Labute approximate surface area is 113 Å². The Morgan fingerprint density at radius 3 is 0.353 bits per heavy atom. The van der Waals surface area contributed by atoms with E-state index in [0.29, 0.717) is 0 Å². The van der Waals surface area contributed by atoms with Crippen molar-refractivity contribution in [1.29, 1.82) is 0 Å². The predicted molar refractivity (Wildman–Crippen MR) is 43.3 cm³/mol. The van der Waals surface area contributed by atoms with Crippen molar-refractivity contribution in [2.75, 3.05) is 0 Å². The van der Waals surface area contributed by atoms with Crippen molar-refractivity contribution in [2.45, 2.75) is 23.9 Å². The summed E-state index contributed by atoms with van der Waals surface area (Å²) in [7, 11) is 0. The summed E-state index contributed by atoms with van der Waals surface area (Å²) in [5.74, 6) is -15.6. The average molecular weight is 459 g/mol. The summed E-state index contributed by atoms with van der Waals surface area (Å²) in [5.41, 5.74) is 0. The van der Waals surface area contributed by atoms with Crippen LogP contribution in [-0.2, 0) is 0 Å². The van der Waals surface area contributed by atoms with E-state index in [4.69, 9.17) is 61.3 Å². The third kappa shape index (κ3) is 10.1. The molecule has 0 saturated carbocycles. The van der Waals surface area contributed by atoms with Gasteiger partial charge in [0.15, 0.2) is 0 Å². The molecule has 0 aromatic heterocycles. The van der Waals surface area contributed by atoms with Gasteiger partial charge in [0.05, 0.1) is 0 Å². The standard InChI is InChI=1S/2C2H6O6.Pb/c2*3-1(4,5)2(6,7)8;/h2*3-8H;. The summed E-state index contributed by atoms with van der Waals surface area (Å²) in [6.45, 7) is 0. The molecule has 12 N–H and O–H groups in total. The first kappa shape index (κ1) is 22.6. The van der Waals surface area contributed by atoms with E-state index in [9.17, 15) is 0 Å². The van der Waals surface area contributed by atoms with E-state index in [1.54, 1.807) is 0 Å². The van der Waals surface area contributed by atoms with Crippen LogP contribution in [0.15, 0.2) is 0 Å². The minimum atomic E-state index is -3.90. The maximum atomic E-state index is 7.72. The van der Waals surface area contributed by atoms with Gasteiger partial charge in [0.2, 0.25) is 0 Å². The Morgan fingerprint density at radius 2 is 0.353 bits per heavy atom. The second-order valence-corrected chi connectivity index (χ2v) is 2.54. The van der Waals surface area contributed by atoms with E-state index in [0.717, 1.165) is 0 Å². The molecule has 0 heterocycles. The van der Waals surface area contributed by atoms with Crippen LogP contribution in [0.5, 0.6) is 0 Å². The van der Waals surface area contributed by atoms with Gasteiger partial charge in [0.1, 0.15) is 0 Å². The van der Waals surface area contributed by atoms with Gasteiger partial charge < -0.3 is 61.3 Å². The van der Waals surface area contributed by atoms with Crippen molar-refractivity contribution < 1.29 is 61.3 Å². The van der Waals surface area contributed by atoms with Crippen LogP contribution in [0, 0.1) is 0 Å². The van der Waals surface area contributed by atoms with E-state index < -0.39 is 23.9 Å². The molecule has 0 aliphatic carbocycles. The van der Waals surface area contributed by atoms with Crippen LogP contribution in [-0.4, -0.2) is 112 Å². The molecule has 0 rings (SSSR count). The SMILES string of the molecule is OC(O)(O)C(O)(O)O.OC(O)(O)C(O)(O)O.[Pb]. The number of aliphatic hydroxyl groups is 12. The number of rotatable bonds is 2. The Balaban J connectivity index is -0.000000218. The van der Waals surface area contributed by atoms with Crippen molar-refractivity contribution in [3.63, 3.8) is 0 Å². The second kappa shape index (κ2) is 6.56. The van der Waals surface area contributed by atoms with E-state index >= 15 is 0 Å². The molecular weight excluding hydrogens is 447 g/mol. The molecule has 0 atom stereocenters. The monoisotopic (exact) mass is 460 g/mol. The molecule has 0 aromatic carbocycles. The van der Waals surface area contributed by atoms with Crippen molar-refractivity contribution in [3.8, 4) is 0 Å². The molecule has 0 aromatic rings. The van der Waals surface area contributed by atoms with Crippen LogP contribution in [0.1, 0.15) is 0 Å². The molecule has 0 bridgehead atoms. The Hall–Kier alpha value is 0.442. The maximum absolute atomic E-state index is 7.72. The molecule has 0 amide bonds. The van der Waals surface area contributed by atoms with Crippen molar-refractivity contribution in [1.82, 2.24) is 0 Å². The summed E-state index contributed by atoms with van der Waals surface area (Å²) < 4.78 is 0. The first-order valence-corrected chi connectivity index (χ1v) is 3.18. The summed E-state index contributed by atoms with van der Waals surface area (Å²) in [5, 5.41) is 92.6. The largest absolute Gasteiger partial charge is 0.362 e. The first-order valence-electron chi connectivity index (χ1n) is 3.18.